The van der Waals surface area contributed by atoms with E-state index in [4.69, 9.17) is 19.2 Å². The molecule has 1 aromatic heterocycles. The van der Waals surface area contributed by atoms with E-state index in [9.17, 15) is 4.79 Å². The first-order valence-electron chi connectivity index (χ1n) is 10.1. The number of carbonyl (C=O) groups is 1. The van der Waals surface area contributed by atoms with Crippen molar-refractivity contribution in [3.05, 3.63) is 72.3 Å². The zero-order valence-electron chi connectivity index (χ0n) is 17.6. The van der Waals surface area contributed by atoms with Gasteiger partial charge in [0.15, 0.2) is 11.5 Å². The van der Waals surface area contributed by atoms with Crippen LogP contribution >= 0.6 is 0 Å². The minimum absolute atomic E-state index is 0.184. The average molecular weight is 427 g/mol. The Bertz CT molecular complexity index is 1320. The van der Waals surface area contributed by atoms with Gasteiger partial charge in [-0.15, -0.1) is 0 Å². The van der Waals surface area contributed by atoms with E-state index in [2.05, 4.69) is 29.7 Å². The number of rotatable bonds is 4. The van der Waals surface area contributed by atoms with Gasteiger partial charge in [-0.3, -0.25) is 0 Å². The van der Waals surface area contributed by atoms with Crippen molar-refractivity contribution in [3.63, 3.8) is 0 Å². The Balaban J connectivity index is 1.38. The molecule has 1 aliphatic heterocycles. The number of nitrogens with zero attached hydrogens (tertiary/aromatic N) is 1. The van der Waals surface area contributed by atoms with Gasteiger partial charge in [-0.05, 0) is 37.3 Å². The van der Waals surface area contributed by atoms with Gasteiger partial charge in [-0.25, -0.2) is 9.78 Å². The van der Waals surface area contributed by atoms with Crippen LogP contribution < -0.4 is 24.8 Å². The molecule has 4 aromatic rings. The number of carbonyl (C=O) groups excluding carboxylic acids is 1. The van der Waals surface area contributed by atoms with Crippen LogP contribution in [0.5, 0.6) is 17.2 Å². The highest BCUT2D eigenvalue weighted by Crippen LogP contribution is 2.34. The molecule has 2 heterocycles. The summed E-state index contributed by atoms with van der Waals surface area (Å²) in [7, 11) is 1.63. The quantitative estimate of drug-likeness (QED) is 0.444. The third-order valence-electron chi connectivity index (χ3n) is 5.23. The van der Waals surface area contributed by atoms with Crippen molar-refractivity contribution in [1.29, 1.82) is 0 Å². The lowest BCUT2D eigenvalue weighted by Gasteiger charge is -2.12. The van der Waals surface area contributed by atoms with E-state index in [1.807, 2.05) is 36.4 Å². The summed E-state index contributed by atoms with van der Waals surface area (Å²) in [5.74, 6) is 1.95. The second-order valence-corrected chi connectivity index (χ2v) is 7.45. The van der Waals surface area contributed by atoms with Crippen LogP contribution in [-0.2, 0) is 0 Å². The molecule has 7 nitrogen and oxygen atoms in total. The van der Waals surface area contributed by atoms with Crippen molar-refractivity contribution in [3.8, 4) is 28.5 Å². The number of pyridine rings is 1. The third-order valence-corrected chi connectivity index (χ3v) is 5.23. The maximum atomic E-state index is 12.5. The summed E-state index contributed by atoms with van der Waals surface area (Å²) in [6.45, 7) is 2.24. The van der Waals surface area contributed by atoms with Gasteiger partial charge in [0.2, 0.25) is 6.79 Å². The van der Waals surface area contributed by atoms with E-state index < -0.39 is 0 Å². The normalized spacial score (nSPS) is 11.9. The van der Waals surface area contributed by atoms with Crippen LogP contribution in [0, 0.1) is 6.92 Å². The van der Waals surface area contributed by atoms with Crippen LogP contribution in [-0.4, -0.2) is 24.9 Å². The lowest BCUT2D eigenvalue weighted by molar-refractivity contribution is 0.174. The van der Waals surface area contributed by atoms with Gasteiger partial charge in [0.25, 0.3) is 0 Å². The predicted octanol–water partition coefficient (Wildman–Crippen LogP) is 5.59. The second-order valence-electron chi connectivity index (χ2n) is 7.45. The smallest absolute Gasteiger partial charge is 0.323 e. The first-order valence-corrected chi connectivity index (χ1v) is 10.1. The number of aryl methyl sites for hydroxylation is 1. The first kappa shape index (κ1) is 19.7. The highest BCUT2D eigenvalue weighted by Gasteiger charge is 2.15. The maximum absolute atomic E-state index is 12.5. The van der Waals surface area contributed by atoms with Gasteiger partial charge >= 0.3 is 6.03 Å². The molecule has 0 saturated carbocycles. The van der Waals surface area contributed by atoms with Crippen molar-refractivity contribution in [2.24, 2.45) is 0 Å². The second kappa shape index (κ2) is 8.11. The molecule has 1 aliphatic rings. The Labute approximate surface area is 185 Å². The lowest BCUT2D eigenvalue weighted by atomic mass is 10.1. The zero-order valence-corrected chi connectivity index (χ0v) is 17.6. The summed E-state index contributed by atoms with van der Waals surface area (Å²) < 4.78 is 16.3. The van der Waals surface area contributed by atoms with Gasteiger partial charge in [-0.2, -0.15) is 0 Å². The standard InChI is InChI=1S/C25H21N3O4/c1-15-3-5-16(6-4-15)21-13-23(30-2)19-11-17(7-9-20(19)28-21)26-25(29)27-18-8-10-22-24(12-18)32-14-31-22/h3-13H,14H2,1-2H3,(H2,26,27,29). The number of methoxy groups -OCH3 is 1. The molecule has 0 bridgehead atoms. The first-order chi connectivity index (χ1) is 15.6. The van der Waals surface area contributed by atoms with Crippen molar-refractivity contribution in [2.75, 3.05) is 24.5 Å². The van der Waals surface area contributed by atoms with Gasteiger partial charge < -0.3 is 24.8 Å². The summed E-state index contributed by atoms with van der Waals surface area (Å²) in [6.07, 6.45) is 0. The number of nitrogens with one attached hydrogen (secondary N) is 2. The Kier molecular flexibility index (Phi) is 4.99. The number of anilines is 2. The van der Waals surface area contributed by atoms with Gasteiger partial charge in [0.05, 0.1) is 18.3 Å². The lowest BCUT2D eigenvalue weighted by Crippen LogP contribution is -2.19. The third kappa shape index (κ3) is 3.88. The molecule has 0 spiro atoms. The van der Waals surface area contributed by atoms with E-state index in [0.717, 1.165) is 22.2 Å². The summed E-state index contributed by atoms with van der Waals surface area (Å²) >= 11 is 0. The Morgan fingerprint density at radius 3 is 2.41 bits per heavy atom. The van der Waals surface area contributed by atoms with Gasteiger partial charge in [0.1, 0.15) is 5.75 Å². The largest absolute Gasteiger partial charge is 0.496 e. The van der Waals surface area contributed by atoms with Gasteiger partial charge in [-0.1, -0.05) is 29.8 Å². The topological polar surface area (TPSA) is 81.7 Å². The predicted molar refractivity (Wildman–Crippen MR) is 124 cm³/mol. The van der Waals surface area contributed by atoms with Crippen LogP contribution in [0.2, 0.25) is 0 Å². The monoisotopic (exact) mass is 427 g/mol. The van der Waals surface area contributed by atoms with E-state index >= 15 is 0 Å². The Hall–Kier alpha value is -4.26. The summed E-state index contributed by atoms with van der Waals surface area (Å²) in [5, 5.41) is 6.46. The molecule has 3 aromatic carbocycles. The number of hydrogen-bond donors (Lipinski definition) is 2. The molecule has 2 amide bonds. The van der Waals surface area contributed by atoms with Crippen molar-refractivity contribution < 1.29 is 19.0 Å². The summed E-state index contributed by atoms with van der Waals surface area (Å²) in [6, 6.07) is 20.5. The number of hydrogen-bond acceptors (Lipinski definition) is 5. The van der Waals surface area contributed by atoms with Crippen molar-refractivity contribution >= 4 is 28.3 Å². The molecule has 5 rings (SSSR count). The molecule has 0 aliphatic carbocycles. The Morgan fingerprint density at radius 1 is 0.906 bits per heavy atom. The fourth-order valence-corrected chi connectivity index (χ4v) is 3.58. The molecule has 0 saturated heterocycles. The number of amides is 2. The van der Waals surface area contributed by atoms with E-state index in [1.165, 1.54) is 5.56 Å². The SMILES string of the molecule is COc1cc(-c2ccc(C)cc2)nc2ccc(NC(=O)Nc3ccc4c(c3)OCO4)cc12. The van der Waals surface area contributed by atoms with Crippen molar-refractivity contribution in [1.82, 2.24) is 4.98 Å². The molecular formula is C25H21N3O4. The van der Waals surface area contributed by atoms with Crippen molar-refractivity contribution in [2.45, 2.75) is 6.92 Å². The number of urea groups is 1. The molecule has 0 fully saturated rings. The molecule has 32 heavy (non-hydrogen) atoms. The molecular weight excluding hydrogens is 406 g/mol. The number of benzene rings is 3. The molecule has 2 N–H and O–H groups in total. The van der Waals surface area contributed by atoms with Crippen LogP contribution in [0.3, 0.4) is 0 Å². The molecule has 7 heteroatoms. The van der Waals surface area contributed by atoms with Crippen LogP contribution in [0.4, 0.5) is 16.2 Å². The average Bonchev–Trinajstić information content (AvgIpc) is 3.27. The van der Waals surface area contributed by atoms with Crippen LogP contribution in [0.25, 0.3) is 22.2 Å². The maximum Gasteiger partial charge on any atom is 0.323 e. The van der Waals surface area contributed by atoms with Gasteiger partial charge in [0, 0.05) is 34.5 Å². The van der Waals surface area contributed by atoms with Crippen LogP contribution in [0.1, 0.15) is 5.56 Å². The van der Waals surface area contributed by atoms with E-state index in [1.54, 1.807) is 25.3 Å². The number of fused-ring (bicyclic) bond motifs is 2. The fraction of sp³-hybridized carbons (Fsp3) is 0.120. The molecule has 0 radical (unpaired) electrons. The zero-order chi connectivity index (χ0) is 22.1. The Morgan fingerprint density at radius 2 is 1.62 bits per heavy atom. The molecule has 0 unspecified atom stereocenters. The number of aromatic nitrogens is 1. The number of ether oxygens (including phenoxy) is 3. The van der Waals surface area contributed by atoms with E-state index in [-0.39, 0.29) is 12.8 Å². The fourth-order valence-electron chi connectivity index (χ4n) is 3.58. The minimum atomic E-state index is -0.369. The van der Waals surface area contributed by atoms with E-state index in [0.29, 0.717) is 28.6 Å². The highest BCUT2D eigenvalue weighted by molar-refractivity contribution is 6.01. The summed E-state index contributed by atoms with van der Waals surface area (Å²) in [4.78, 5) is 17.3. The summed E-state index contributed by atoms with van der Waals surface area (Å²) in [5.41, 5.74) is 5.04. The van der Waals surface area contributed by atoms with Crippen LogP contribution in [0.15, 0.2) is 66.7 Å². The highest BCUT2D eigenvalue weighted by atomic mass is 16.7. The molecule has 0 atom stereocenters. The molecule has 160 valence electrons. The minimum Gasteiger partial charge on any atom is -0.496 e.